The van der Waals surface area contributed by atoms with Crippen LogP contribution >= 0.6 is 15.9 Å². The third-order valence-corrected chi connectivity index (χ3v) is 4.65. The Balaban J connectivity index is 3.14. The molecule has 0 aliphatic rings. The first-order valence-corrected chi connectivity index (χ1v) is 7.91. The first-order valence-electron chi connectivity index (χ1n) is 3.62. The maximum absolute atomic E-state index is 4.12. The summed E-state index contributed by atoms with van der Waals surface area (Å²) in [4.78, 5) is 4.12. The van der Waals surface area contributed by atoms with Crippen LogP contribution in [0.15, 0.2) is 22.9 Å². The summed E-state index contributed by atoms with van der Waals surface area (Å²) in [7, 11) is -1.19. The van der Waals surface area contributed by atoms with E-state index in [1.165, 1.54) is 9.66 Å². The standard InChI is InChI=1S/C8H12BrNSi/c1-11(2,3)8-6-10-5-4-7(8)9/h4-6H,1-3H3. The quantitative estimate of drug-likeness (QED) is 0.675. The van der Waals surface area contributed by atoms with Gasteiger partial charge in [0.1, 0.15) is 0 Å². The van der Waals surface area contributed by atoms with Crippen LogP contribution in [0.5, 0.6) is 0 Å². The first-order chi connectivity index (χ1) is 5.02. The van der Waals surface area contributed by atoms with Crippen molar-refractivity contribution >= 4 is 29.2 Å². The number of hydrogen-bond donors (Lipinski definition) is 0. The van der Waals surface area contributed by atoms with Crippen molar-refractivity contribution in [2.75, 3.05) is 0 Å². The largest absolute Gasteiger partial charge is 0.265 e. The van der Waals surface area contributed by atoms with Crippen LogP contribution in [0.3, 0.4) is 0 Å². The van der Waals surface area contributed by atoms with Crippen LogP contribution in [-0.4, -0.2) is 13.1 Å². The van der Waals surface area contributed by atoms with Gasteiger partial charge in [-0.2, -0.15) is 0 Å². The zero-order valence-corrected chi connectivity index (χ0v) is 9.64. The number of nitrogens with zero attached hydrogens (tertiary/aromatic N) is 1. The molecule has 0 saturated heterocycles. The fourth-order valence-corrected chi connectivity index (χ4v) is 4.20. The molecule has 0 aliphatic heterocycles. The predicted molar refractivity (Wildman–Crippen MR) is 54.9 cm³/mol. The summed E-state index contributed by atoms with van der Waals surface area (Å²) in [5, 5.41) is 1.39. The molecule has 1 aromatic rings. The Hall–Kier alpha value is -0.153. The van der Waals surface area contributed by atoms with Gasteiger partial charge in [0, 0.05) is 16.9 Å². The second-order valence-corrected chi connectivity index (χ2v) is 9.50. The normalized spacial score (nSPS) is 11.6. The topological polar surface area (TPSA) is 12.9 Å². The molecule has 0 bridgehead atoms. The predicted octanol–water partition coefficient (Wildman–Crippen LogP) is 2.39. The average Bonchev–Trinajstić information content (AvgIpc) is 1.86. The molecule has 0 spiro atoms. The summed E-state index contributed by atoms with van der Waals surface area (Å²) in [6, 6.07) is 2.01. The zero-order chi connectivity index (χ0) is 8.48. The highest BCUT2D eigenvalue weighted by atomic mass is 79.9. The molecule has 1 nitrogen and oxygen atoms in total. The second kappa shape index (κ2) is 3.07. The molecule has 0 saturated carbocycles. The Kier molecular flexibility index (Phi) is 2.49. The molecule has 0 aliphatic carbocycles. The molecule has 0 atom stereocenters. The Bertz CT molecular complexity index is 255. The van der Waals surface area contributed by atoms with Crippen molar-refractivity contribution in [3.05, 3.63) is 22.9 Å². The van der Waals surface area contributed by atoms with Crippen LogP contribution in [0.2, 0.25) is 19.6 Å². The molecule has 1 rings (SSSR count). The third kappa shape index (κ3) is 2.14. The molecule has 0 aromatic carbocycles. The van der Waals surface area contributed by atoms with Crippen molar-refractivity contribution in [3.8, 4) is 0 Å². The molecule has 1 aromatic heterocycles. The Morgan fingerprint density at radius 3 is 2.36 bits per heavy atom. The van der Waals surface area contributed by atoms with E-state index < -0.39 is 8.07 Å². The third-order valence-electron chi connectivity index (χ3n) is 1.58. The molecule has 0 amide bonds. The SMILES string of the molecule is C[Si](C)(C)c1cnccc1Br. The van der Waals surface area contributed by atoms with Gasteiger partial charge in [-0.1, -0.05) is 35.6 Å². The van der Waals surface area contributed by atoms with Crippen LogP contribution in [0.4, 0.5) is 0 Å². The number of hydrogen-bond acceptors (Lipinski definition) is 1. The molecule has 0 fully saturated rings. The smallest absolute Gasteiger partial charge is 0.0811 e. The van der Waals surface area contributed by atoms with E-state index in [2.05, 4.69) is 40.6 Å². The minimum atomic E-state index is -1.19. The minimum absolute atomic E-state index is 1.19. The summed E-state index contributed by atoms with van der Waals surface area (Å²) in [6.45, 7) is 6.94. The molecule has 3 heteroatoms. The summed E-state index contributed by atoms with van der Waals surface area (Å²) >= 11 is 3.53. The van der Waals surface area contributed by atoms with Crippen LogP contribution in [0.1, 0.15) is 0 Å². The van der Waals surface area contributed by atoms with Crippen molar-refractivity contribution in [2.24, 2.45) is 0 Å². The van der Waals surface area contributed by atoms with E-state index >= 15 is 0 Å². The van der Waals surface area contributed by atoms with Crippen LogP contribution in [-0.2, 0) is 0 Å². The first kappa shape index (κ1) is 8.94. The highest BCUT2D eigenvalue weighted by Gasteiger charge is 2.18. The number of halogens is 1. The molecule has 0 unspecified atom stereocenters. The summed E-state index contributed by atoms with van der Waals surface area (Å²) in [5.74, 6) is 0. The van der Waals surface area contributed by atoms with E-state index in [1.807, 2.05) is 18.5 Å². The molecule has 0 radical (unpaired) electrons. The van der Waals surface area contributed by atoms with Crippen molar-refractivity contribution in [3.63, 3.8) is 0 Å². The van der Waals surface area contributed by atoms with Gasteiger partial charge in [0.2, 0.25) is 0 Å². The van der Waals surface area contributed by atoms with Gasteiger partial charge in [0.05, 0.1) is 8.07 Å². The van der Waals surface area contributed by atoms with Gasteiger partial charge in [0.15, 0.2) is 0 Å². The lowest BCUT2D eigenvalue weighted by molar-refractivity contribution is 1.33. The van der Waals surface area contributed by atoms with Gasteiger partial charge in [-0.15, -0.1) is 0 Å². The molecule has 1 heterocycles. The highest BCUT2D eigenvalue weighted by molar-refractivity contribution is 9.10. The van der Waals surface area contributed by atoms with Crippen LogP contribution in [0, 0.1) is 0 Å². The van der Waals surface area contributed by atoms with E-state index in [0.29, 0.717) is 0 Å². The molecule has 60 valence electrons. The van der Waals surface area contributed by atoms with Gasteiger partial charge >= 0.3 is 0 Å². The number of rotatable bonds is 1. The van der Waals surface area contributed by atoms with Crippen LogP contribution < -0.4 is 5.19 Å². The van der Waals surface area contributed by atoms with E-state index in [4.69, 9.17) is 0 Å². The summed E-state index contributed by atoms with van der Waals surface area (Å²) < 4.78 is 1.20. The van der Waals surface area contributed by atoms with E-state index in [1.54, 1.807) is 0 Å². The molecule has 0 N–H and O–H groups in total. The summed E-state index contributed by atoms with van der Waals surface area (Å²) in [6.07, 6.45) is 3.78. The highest BCUT2D eigenvalue weighted by Crippen LogP contribution is 2.10. The van der Waals surface area contributed by atoms with Gasteiger partial charge in [-0.3, -0.25) is 4.98 Å². The molecular weight excluding hydrogens is 218 g/mol. The fraction of sp³-hybridized carbons (Fsp3) is 0.375. The van der Waals surface area contributed by atoms with Gasteiger partial charge < -0.3 is 0 Å². The average molecular weight is 230 g/mol. The Morgan fingerprint density at radius 1 is 1.36 bits per heavy atom. The van der Waals surface area contributed by atoms with Gasteiger partial charge in [0.25, 0.3) is 0 Å². The van der Waals surface area contributed by atoms with Crippen molar-refractivity contribution in [1.82, 2.24) is 4.98 Å². The van der Waals surface area contributed by atoms with Crippen molar-refractivity contribution < 1.29 is 0 Å². The van der Waals surface area contributed by atoms with E-state index in [-0.39, 0.29) is 0 Å². The van der Waals surface area contributed by atoms with E-state index in [9.17, 15) is 0 Å². The van der Waals surface area contributed by atoms with E-state index in [0.717, 1.165) is 0 Å². The Labute approximate surface area is 77.0 Å². The Morgan fingerprint density at radius 2 is 2.00 bits per heavy atom. The fourth-order valence-electron chi connectivity index (χ4n) is 0.929. The lowest BCUT2D eigenvalue weighted by atomic mass is 10.5. The lowest BCUT2D eigenvalue weighted by Crippen LogP contribution is -2.38. The van der Waals surface area contributed by atoms with Gasteiger partial charge in [-0.25, -0.2) is 0 Å². The lowest BCUT2D eigenvalue weighted by Gasteiger charge is -2.17. The van der Waals surface area contributed by atoms with Crippen molar-refractivity contribution in [2.45, 2.75) is 19.6 Å². The zero-order valence-electron chi connectivity index (χ0n) is 7.06. The maximum Gasteiger partial charge on any atom is 0.0811 e. The molecular formula is C8H12BrNSi. The summed E-state index contributed by atoms with van der Waals surface area (Å²) in [5.41, 5.74) is 0. The maximum atomic E-state index is 4.12. The number of aromatic nitrogens is 1. The van der Waals surface area contributed by atoms with Gasteiger partial charge in [-0.05, 0) is 11.3 Å². The van der Waals surface area contributed by atoms with Crippen molar-refractivity contribution in [1.29, 1.82) is 0 Å². The minimum Gasteiger partial charge on any atom is -0.265 e. The molecule has 11 heavy (non-hydrogen) atoms. The monoisotopic (exact) mass is 229 g/mol. The van der Waals surface area contributed by atoms with Crippen LogP contribution in [0.25, 0.3) is 0 Å². The number of pyridine rings is 1. The second-order valence-electron chi connectivity index (χ2n) is 3.61.